The third kappa shape index (κ3) is 2.44. The predicted octanol–water partition coefficient (Wildman–Crippen LogP) is 2.89. The van der Waals surface area contributed by atoms with Gasteiger partial charge in [-0.25, -0.2) is 9.97 Å². The average Bonchev–Trinajstić information content (AvgIpc) is 3.02. The maximum absolute atomic E-state index is 6.32. The highest BCUT2D eigenvalue weighted by Crippen LogP contribution is 2.37. The number of benzene rings is 1. The van der Waals surface area contributed by atoms with E-state index < -0.39 is 0 Å². The Morgan fingerprint density at radius 3 is 2.74 bits per heavy atom. The van der Waals surface area contributed by atoms with Crippen molar-refractivity contribution in [2.24, 2.45) is 0 Å². The van der Waals surface area contributed by atoms with Crippen molar-refractivity contribution < 1.29 is 0 Å². The molecule has 0 saturated carbocycles. The number of nitrogens with zero attached hydrogens (tertiary/aromatic N) is 4. The van der Waals surface area contributed by atoms with Crippen LogP contribution in [0.4, 0.5) is 28.7 Å². The van der Waals surface area contributed by atoms with Crippen LogP contribution in [0.2, 0.25) is 0 Å². The minimum absolute atomic E-state index is 0.543. The molecule has 1 aliphatic heterocycles. The maximum Gasteiger partial charge on any atom is 0.161 e. The molecule has 0 radical (unpaired) electrons. The average molecular weight is 304 g/mol. The van der Waals surface area contributed by atoms with Gasteiger partial charge in [0.15, 0.2) is 11.6 Å². The molecule has 4 rings (SSSR count). The van der Waals surface area contributed by atoms with E-state index in [9.17, 15) is 0 Å². The van der Waals surface area contributed by atoms with Gasteiger partial charge < -0.3 is 16.0 Å². The summed E-state index contributed by atoms with van der Waals surface area (Å²) < 4.78 is 0. The molecule has 23 heavy (non-hydrogen) atoms. The summed E-state index contributed by atoms with van der Waals surface area (Å²) in [5.74, 6) is 1.34. The summed E-state index contributed by atoms with van der Waals surface area (Å²) in [7, 11) is 0. The Hall–Kier alpha value is -3.15. The summed E-state index contributed by atoms with van der Waals surface area (Å²) in [5.41, 5.74) is 10.2. The fourth-order valence-corrected chi connectivity index (χ4v) is 2.83. The van der Waals surface area contributed by atoms with Crippen molar-refractivity contribution in [3.8, 4) is 0 Å². The predicted molar refractivity (Wildman–Crippen MR) is 91.1 cm³/mol. The van der Waals surface area contributed by atoms with E-state index in [1.54, 1.807) is 12.4 Å². The number of nitrogens with two attached hydrogens (primary N) is 1. The van der Waals surface area contributed by atoms with E-state index in [0.717, 1.165) is 30.2 Å². The summed E-state index contributed by atoms with van der Waals surface area (Å²) in [5, 5.41) is 3.22. The third-order valence-electron chi connectivity index (χ3n) is 3.95. The Bertz CT molecular complexity index is 833. The number of hydrogen-bond donors (Lipinski definition) is 2. The quantitative estimate of drug-likeness (QED) is 0.774. The van der Waals surface area contributed by atoms with Crippen molar-refractivity contribution >= 4 is 28.7 Å². The van der Waals surface area contributed by atoms with Crippen molar-refractivity contribution in [1.82, 2.24) is 15.0 Å². The van der Waals surface area contributed by atoms with E-state index in [2.05, 4.69) is 43.4 Å². The minimum atomic E-state index is 0.543. The highest BCUT2D eigenvalue weighted by molar-refractivity contribution is 5.83. The van der Waals surface area contributed by atoms with E-state index in [0.29, 0.717) is 11.5 Å². The Kier molecular flexibility index (Phi) is 3.27. The molecule has 6 heteroatoms. The van der Waals surface area contributed by atoms with Gasteiger partial charge in [-0.15, -0.1) is 0 Å². The van der Waals surface area contributed by atoms with Crippen LogP contribution >= 0.6 is 0 Å². The number of rotatable bonds is 3. The zero-order chi connectivity index (χ0) is 15.6. The molecule has 0 bridgehead atoms. The molecular weight excluding hydrogens is 288 g/mol. The zero-order valence-electron chi connectivity index (χ0n) is 12.5. The molecule has 0 unspecified atom stereocenters. The van der Waals surface area contributed by atoms with Crippen LogP contribution in [-0.2, 0) is 6.42 Å². The second-order valence-corrected chi connectivity index (χ2v) is 5.35. The SMILES string of the molecule is Nc1c(Nc2ccncc2)ncnc1N1CCc2ccccc21. The molecule has 0 saturated heterocycles. The number of hydrogen-bond acceptors (Lipinski definition) is 6. The number of aromatic nitrogens is 3. The lowest BCUT2D eigenvalue weighted by atomic mass is 10.2. The molecule has 0 amide bonds. The van der Waals surface area contributed by atoms with Crippen LogP contribution < -0.4 is 16.0 Å². The molecule has 3 N–H and O–H groups in total. The van der Waals surface area contributed by atoms with Gasteiger partial charge in [-0.1, -0.05) is 18.2 Å². The number of anilines is 5. The third-order valence-corrected chi connectivity index (χ3v) is 3.95. The highest BCUT2D eigenvalue weighted by atomic mass is 15.2. The first-order valence-corrected chi connectivity index (χ1v) is 7.46. The standard InChI is InChI=1S/C17H16N6/c18-15-16(22-13-5-8-19-9-6-13)20-11-21-17(15)23-10-7-12-3-1-2-4-14(12)23/h1-6,8-9,11H,7,10,18H2,(H,19,20,21,22). The second-order valence-electron chi connectivity index (χ2n) is 5.35. The fourth-order valence-electron chi connectivity index (χ4n) is 2.83. The summed E-state index contributed by atoms with van der Waals surface area (Å²) in [6.45, 7) is 0.870. The van der Waals surface area contributed by atoms with Gasteiger partial charge in [-0.05, 0) is 30.2 Å². The molecule has 0 aliphatic carbocycles. The van der Waals surface area contributed by atoms with Gasteiger partial charge in [0, 0.05) is 30.3 Å². The van der Waals surface area contributed by atoms with Gasteiger partial charge in [0.2, 0.25) is 0 Å². The Balaban J connectivity index is 1.70. The van der Waals surface area contributed by atoms with Crippen LogP contribution in [0.3, 0.4) is 0 Å². The van der Waals surface area contributed by atoms with E-state index in [4.69, 9.17) is 5.73 Å². The summed E-state index contributed by atoms with van der Waals surface area (Å²) in [4.78, 5) is 14.8. The molecular formula is C17H16N6. The van der Waals surface area contributed by atoms with Crippen LogP contribution in [0.25, 0.3) is 0 Å². The van der Waals surface area contributed by atoms with Crippen LogP contribution in [0, 0.1) is 0 Å². The number of pyridine rings is 1. The lowest BCUT2D eigenvalue weighted by molar-refractivity contribution is 0.967. The van der Waals surface area contributed by atoms with Gasteiger partial charge in [0.05, 0.1) is 0 Å². The molecule has 1 aromatic carbocycles. The van der Waals surface area contributed by atoms with Crippen LogP contribution in [0.1, 0.15) is 5.56 Å². The number of nitrogen functional groups attached to an aromatic ring is 1. The summed E-state index contributed by atoms with van der Waals surface area (Å²) >= 11 is 0. The molecule has 0 fully saturated rings. The van der Waals surface area contributed by atoms with Crippen molar-refractivity contribution in [3.63, 3.8) is 0 Å². The fraction of sp³-hybridized carbons (Fsp3) is 0.118. The monoisotopic (exact) mass is 304 g/mol. The molecule has 0 atom stereocenters. The number of fused-ring (bicyclic) bond motifs is 1. The number of nitrogens with one attached hydrogen (secondary N) is 1. The van der Waals surface area contributed by atoms with Crippen molar-refractivity contribution in [1.29, 1.82) is 0 Å². The molecule has 3 aromatic rings. The first kappa shape index (κ1) is 13.5. The maximum atomic E-state index is 6.32. The van der Waals surface area contributed by atoms with Gasteiger partial charge in [-0.3, -0.25) is 4.98 Å². The van der Waals surface area contributed by atoms with Crippen LogP contribution in [0.5, 0.6) is 0 Å². The van der Waals surface area contributed by atoms with Crippen LogP contribution in [-0.4, -0.2) is 21.5 Å². The van der Waals surface area contributed by atoms with Gasteiger partial charge in [-0.2, -0.15) is 0 Å². The lowest BCUT2D eigenvalue weighted by Gasteiger charge is -2.21. The van der Waals surface area contributed by atoms with Crippen LogP contribution in [0.15, 0.2) is 55.1 Å². The first-order chi connectivity index (χ1) is 11.3. The van der Waals surface area contributed by atoms with E-state index >= 15 is 0 Å². The van der Waals surface area contributed by atoms with Gasteiger partial charge >= 0.3 is 0 Å². The first-order valence-electron chi connectivity index (χ1n) is 7.46. The highest BCUT2D eigenvalue weighted by Gasteiger charge is 2.23. The number of para-hydroxylation sites is 1. The van der Waals surface area contributed by atoms with Crippen molar-refractivity contribution in [3.05, 3.63) is 60.7 Å². The lowest BCUT2D eigenvalue weighted by Crippen LogP contribution is -2.17. The summed E-state index contributed by atoms with van der Waals surface area (Å²) in [6, 6.07) is 12.1. The zero-order valence-corrected chi connectivity index (χ0v) is 12.5. The van der Waals surface area contributed by atoms with Gasteiger partial charge in [0.25, 0.3) is 0 Å². The molecule has 0 spiro atoms. The Morgan fingerprint density at radius 2 is 1.87 bits per heavy atom. The molecule has 3 heterocycles. The molecule has 114 valence electrons. The van der Waals surface area contributed by atoms with Crippen molar-refractivity contribution in [2.45, 2.75) is 6.42 Å². The minimum Gasteiger partial charge on any atom is -0.393 e. The normalized spacial score (nSPS) is 13.0. The molecule has 2 aromatic heterocycles. The molecule has 1 aliphatic rings. The second kappa shape index (κ2) is 5.57. The van der Waals surface area contributed by atoms with E-state index in [1.165, 1.54) is 11.9 Å². The van der Waals surface area contributed by atoms with E-state index in [1.807, 2.05) is 18.2 Å². The molecule has 6 nitrogen and oxygen atoms in total. The summed E-state index contributed by atoms with van der Waals surface area (Å²) in [6.07, 6.45) is 5.97. The largest absolute Gasteiger partial charge is 0.393 e. The Morgan fingerprint density at radius 1 is 1.04 bits per heavy atom. The van der Waals surface area contributed by atoms with Gasteiger partial charge in [0.1, 0.15) is 12.0 Å². The van der Waals surface area contributed by atoms with Crippen molar-refractivity contribution in [2.75, 3.05) is 22.5 Å². The Labute approximate surface area is 134 Å². The topological polar surface area (TPSA) is 80.0 Å². The van der Waals surface area contributed by atoms with E-state index in [-0.39, 0.29) is 0 Å². The smallest absolute Gasteiger partial charge is 0.161 e.